The first-order chi connectivity index (χ1) is 7.81. The number of nitriles is 1. The van der Waals surface area contributed by atoms with Gasteiger partial charge >= 0.3 is 0 Å². The van der Waals surface area contributed by atoms with Gasteiger partial charge in [-0.05, 0) is 12.8 Å². The highest BCUT2D eigenvalue weighted by atomic mass is 16.3. The van der Waals surface area contributed by atoms with Crippen molar-refractivity contribution in [2.75, 3.05) is 5.32 Å². The number of nitrogens with one attached hydrogen (secondary N) is 1. The molecule has 0 aromatic carbocycles. The van der Waals surface area contributed by atoms with E-state index < -0.39 is 0 Å². The van der Waals surface area contributed by atoms with Crippen LogP contribution in [0, 0.1) is 11.3 Å². The normalized spacial score (nSPS) is 24.8. The lowest BCUT2D eigenvalue weighted by Gasteiger charge is -2.28. The van der Waals surface area contributed by atoms with Gasteiger partial charge in [0.25, 0.3) is 0 Å². The average Bonchev–Trinajstić information content (AvgIpc) is 2.33. The molecule has 1 aromatic rings. The van der Waals surface area contributed by atoms with Gasteiger partial charge in [0.1, 0.15) is 6.07 Å². The molecule has 5 nitrogen and oxygen atoms in total. The van der Waals surface area contributed by atoms with Crippen molar-refractivity contribution < 1.29 is 5.11 Å². The molecular formula is C11H14N4O. The Bertz CT molecular complexity index is 401. The third-order valence-corrected chi connectivity index (χ3v) is 2.86. The van der Waals surface area contributed by atoms with Gasteiger partial charge in [-0.2, -0.15) is 5.26 Å². The molecule has 2 rings (SSSR count). The first-order valence-electron chi connectivity index (χ1n) is 5.47. The molecule has 1 fully saturated rings. The smallest absolute Gasteiger partial charge is 0.182 e. The fraction of sp³-hybridized carbons (Fsp3) is 0.545. The predicted molar refractivity (Wildman–Crippen MR) is 58.6 cm³/mol. The number of nitrogens with zero attached hydrogens (tertiary/aromatic N) is 3. The Morgan fingerprint density at radius 3 is 2.81 bits per heavy atom. The van der Waals surface area contributed by atoms with E-state index in [0.717, 1.165) is 25.7 Å². The van der Waals surface area contributed by atoms with Crippen LogP contribution >= 0.6 is 0 Å². The van der Waals surface area contributed by atoms with E-state index in [4.69, 9.17) is 5.26 Å². The summed E-state index contributed by atoms with van der Waals surface area (Å²) in [5.41, 5.74) is 0.278. The van der Waals surface area contributed by atoms with Gasteiger partial charge in [-0.15, -0.1) is 0 Å². The SMILES string of the molecule is N#Cc1nccnc1NC1CCCCC1O. The minimum atomic E-state index is -0.359. The standard InChI is InChI=1S/C11H14N4O/c12-7-9-11(14-6-5-13-9)15-8-3-1-2-4-10(8)16/h5-6,8,10,16H,1-4H2,(H,14,15). The molecule has 84 valence electrons. The van der Waals surface area contributed by atoms with Gasteiger partial charge in [0.2, 0.25) is 0 Å². The third-order valence-electron chi connectivity index (χ3n) is 2.86. The maximum absolute atomic E-state index is 9.80. The summed E-state index contributed by atoms with van der Waals surface area (Å²) >= 11 is 0. The minimum Gasteiger partial charge on any atom is -0.391 e. The van der Waals surface area contributed by atoms with E-state index in [9.17, 15) is 5.11 Å². The predicted octanol–water partition coefficient (Wildman–Crippen LogP) is 1.06. The molecule has 16 heavy (non-hydrogen) atoms. The monoisotopic (exact) mass is 218 g/mol. The van der Waals surface area contributed by atoms with Crippen LogP contribution in [-0.2, 0) is 0 Å². The molecule has 0 spiro atoms. The lowest BCUT2D eigenvalue weighted by molar-refractivity contribution is 0.116. The van der Waals surface area contributed by atoms with Crippen molar-refractivity contribution in [2.24, 2.45) is 0 Å². The summed E-state index contributed by atoms with van der Waals surface area (Å²) in [7, 11) is 0. The van der Waals surface area contributed by atoms with Crippen molar-refractivity contribution in [1.82, 2.24) is 9.97 Å². The van der Waals surface area contributed by atoms with Gasteiger partial charge < -0.3 is 10.4 Å². The van der Waals surface area contributed by atoms with Gasteiger partial charge in [-0.3, -0.25) is 0 Å². The van der Waals surface area contributed by atoms with Crippen LogP contribution in [0.4, 0.5) is 5.82 Å². The average molecular weight is 218 g/mol. The van der Waals surface area contributed by atoms with E-state index in [0.29, 0.717) is 5.82 Å². The summed E-state index contributed by atoms with van der Waals surface area (Å²) in [6.45, 7) is 0. The molecule has 1 heterocycles. The zero-order valence-electron chi connectivity index (χ0n) is 8.93. The topological polar surface area (TPSA) is 81.8 Å². The van der Waals surface area contributed by atoms with Crippen molar-refractivity contribution in [3.8, 4) is 6.07 Å². The number of rotatable bonds is 2. The van der Waals surface area contributed by atoms with Gasteiger partial charge in [-0.25, -0.2) is 9.97 Å². The zero-order valence-corrected chi connectivity index (χ0v) is 8.93. The fourth-order valence-electron chi connectivity index (χ4n) is 1.98. The third kappa shape index (κ3) is 2.28. The molecule has 2 unspecified atom stereocenters. The van der Waals surface area contributed by atoms with Crippen LogP contribution in [0.3, 0.4) is 0 Å². The molecule has 2 atom stereocenters. The quantitative estimate of drug-likeness (QED) is 0.775. The van der Waals surface area contributed by atoms with Crippen molar-refractivity contribution in [1.29, 1.82) is 5.26 Å². The number of hydrogen-bond donors (Lipinski definition) is 2. The number of hydrogen-bond acceptors (Lipinski definition) is 5. The first-order valence-corrected chi connectivity index (χ1v) is 5.47. The van der Waals surface area contributed by atoms with Crippen LogP contribution in [0.2, 0.25) is 0 Å². The maximum atomic E-state index is 9.80. The molecule has 0 aliphatic heterocycles. The first kappa shape index (κ1) is 10.8. The zero-order chi connectivity index (χ0) is 11.4. The van der Waals surface area contributed by atoms with Crippen molar-refractivity contribution in [2.45, 2.75) is 37.8 Å². The molecule has 1 aliphatic rings. The Morgan fingerprint density at radius 2 is 2.06 bits per heavy atom. The molecule has 1 aromatic heterocycles. The Kier molecular flexibility index (Phi) is 3.32. The molecule has 5 heteroatoms. The summed E-state index contributed by atoms with van der Waals surface area (Å²) in [6.07, 6.45) is 6.53. The highest BCUT2D eigenvalue weighted by Crippen LogP contribution is 2.22. The second-order valence-electron chi connectivity index (χ2n) is 3.97. The Labute approximate surface area is 94.2 Å². The molecule has 0 radical (unpaired) electrons. The van der Waals surface area contributed by atoms with Gasteiger partial charge in [-0.1, -0.05) is 12.8 Å². The van der Waals surface area contributed by atoms with E-state index in [-0.39, 0.29) is 17.8 Å². The summed E-state index contributed by atoms with van der Waals surface area (Å²) < 4.78 is 0. The van der Waals surface area contributed by atoms with Crippen LogP contribution in [-0.4, -0.2) is 27.2 Å². The Balaban J connectivity index is 2.11. The summed E-state index contributed by atoms with van der Waals surface area (Å²) in [5.74, 6) is 0.468. The molecular weight excluding hydrogens is 204 g/mol. The van der Waals surface area contributed by atoms with Crippen molar-refractivity contribution in [3.63, 3.8) is 0 Å². The van der Waals surface area contributed by atoms with Gasteiger partial charge in [0.15, 0.2) is 11.5 Å². The van der Waals surface area contributed by atoms with E-state index in [1.54, 1.807) is 6.20 Å². The Hall–Kier alpha value is -1.67. The summed E-state index contributed by atoms with van der Waals surface area (Å²) in [5, 5.41) is 21.8. The van der Waals surface area contributed by atoms with Crippen molar-refractivity contribution in [3.05, 3.63) is 18.1 Å². The van der Waals surface area contributed by atoms with Crippen LogP contribution in [0.25, 0.3) is 0 Å². The molecule has 2 N–H and O–H groups in total. The van der Waals surface area contributed by atoms with E-state index in [1.807, 2.05) is 6.07 Å². The molecule has 1 saturated carbocycles. The molecule has 1 aliphatic carbocycles. The summed E-state index contributed by atoms with van der Waals surface area (Å²) in [4.78, 5) is 7.99. The number of aliphatic hydroxyl groups excluding tert-OH is 1. The van der Waals surface area contributed by atoms with E-state index in [1.165, 1.54) is 6.20 Å². The van der Waals surface area contributed by atoms with Crippen LogP contribution < -0.4 is 5.32 Å². The Morgan fingerprint density at radius 1 is 1.31 bits per heavy atom. The minimum absolute atomic E-state index is 0.0162. The summed E-state index contributed by atoms with van der Waals surface area (Å²) in [6, 6.07) is 1.97. The van der Waals surface area contributed by atoms with E-state index in [2.05, 4.69) is 15.3 Å². The van der Waals surface area contributed by atoms with Crippen LogP contribution in [0.1, 0.15) is 31.4 Å². The highest BCUT2D eigenvalue weighted by molar-refractivity contribution is 5.47. The lowest BCUT2D eigenvalue weighted by atomic mass is 9.92. The van der Waals surface area contributed by atoms with Gasteiger partial charge in [0, 0.05) is 12.4 Å². The lowest BCUT2D eigenvalue weighted by Crippen LogP contribution is -2.36. The number of aliphatic hydroxyl groups is 1. The number of anilines is 1. The van der Waals surface area contributed by atoms with Crippen LogP contribution in [0.15, 0.2) is 12.4 Å². The fourth-order valence-corrected chi connectivity index (χ4v) is 1.98. The number of aromatic nitrogens is 2. The second kappa shape index (κ2) is 4.90. The van der Waals surface area contributed by atoms with Crippen LogP contribution in [0.5, 0.6) is 0 Å². The maximum Gasteiger partial charge on any atom is 0.182 e. The largest absolute Gasteiger partial charge is 0.391 e. The molecule has 0 bridgehead atoms. The van der Waals surface area contributed by atoms with Gasteiger partial charge in [0.05, 0.1) is 12.1 Å². The van der Waals surface area contributed by atoms with E-state index >= 15 is 0 Å². The molecule has 0 saturated heterocycles. The highest BCUT2D eigenvalue weighted by Gasteiger charge is 2.23. The second-order valence-corrected chi connectivity index (χ2v) is 3.97. The van der Waals surface area contributed by atoms with Crippen molar-refractivity contribution >= 4 is 5.82 Å². The molecule has 0 amide bonds.